The maximum Gasteiger partial charge on any atom is 0.0446 e. The predicted octanol–water partition coefficient (Wildman–Crippen LogP) is 2.46. The Hall–Kier alpha value is -0.940. The van der Waals surface area contributed by atoms with Gasteiger partial charge in [-0.05, 0) is 42.9 Å². The van der Waals surface area contributed by atoms with Gasteiger partial charge in [-0.15, -0.1) is 11.3 Å². The Labute approximate surface area is 112 Å². The van der Waals surface area contributed by atoms with Crippen LogP contribution in [0.15, 0.2) is 24.3 Å². The van der Waals surface area contributed by atoms with E-state index in [-0.39, 0.29) is 0 Å². The summed E-state index contributed by atoms with van der Waals surface area (Å²) in [6.45, 7) is 4.31. The van der Waals surface area contributed by atoms with Crippen molar-refractivity contribution in [2.24, 2.45) is 5.84 Å². The smallest absolute Gasteiger partial charge is 0.0446 e. The third-order valence-corrected chi connectivity index (χ3v) is 4.84. The Balaban J connectivity index is 1.97. The molecule has 1 aromatic carbocycles. The van der Waals surface area contributed by atoms with Gasteiger partial charge in [0.1, 0.15) is 0 Å². The first-order valence-corrected chi connectivity index (χ1v) is 7.35. The molecule has 3 rings (SSSR count). The molecule has 0 bridgehead atoms. The third-order valence-electron chi connectivity index (χ3n) is 3.62. The largest absolute Gasteiger partial charge is 0.299 e. The highest BCUT2D eigenvalue weighted by atomic mass is 32.1. The van der Waals surface area contributed by atoms with Crippen molar-refractivity contribution in [1.82, 2.24) is 10.3 Å². The van der Waals surface area contributed by atoms with Crippen molar-refractivity contribution in [3.63, 3.8) is 0 Å². The lowest BCUT2D eigenvalue weighted by Crippen LogP contribution is -2.23. The molecule has 3 nitrogen and oxygen atoms in total. The van der Waals surface area contributed by atoms with Crippen molar-refractivity contribution in [3.05, 3.63) is 34.7 Å². The van der Waals surface area contributed by atoms with E-state index in [9.17, 15) is 0 Å². The van der Waals surface area contributed by atoms with E-state index in [0.717, 1.165) is 13.1 Å². The Morgan fingerprint density at radius 1 is 1.22 bits per heavy atom. The number of thiophene rings is 1. The highest BCUT2D eigenvalue weighted by molar-refractivity contribution is 7.19. The SMILES string of the molecule is NNCc1sc2ccccc2c1CN1CCCC1. The van der Waals surface area contributed by atoms with Crippen LogP contribution in [0.1, 0.15) is 23.3 Å². The summed E-state index contributed by atoms with van der Waals surface area (Å²) in [5, 5.41) is 1.40. The number of hydrogen-bond acceptors (Lipinski definition) is 4. The second kappa shape index (κ2) is 5.36. The van der Waals surface area contributed by atoms with Crippen molar-refractivity contribution in [2.75, 3.05) is 13.1 Å². The summed E-state index contributed by atoms with van der Waals surface area (Å²) in [5.74, 6) is 5.50. The standard InChI is InChI=1S/C14H19N3S/c15-16-9-14-12(10-17-7-3-4-8-17)11-5-1-2-6-13(11)18-14/h1-2,5-6,16H,3-4,7-10,15H2. The van der Waals surface area contributed by atoms with Crippen LogP contribution < -0.4 is 11.3 Å². The van der Waals surface area contributed by atoms with E-state index in [0.29, 0.717) is 0 Å². The molecular weight excluding hydrogens is 242 g/mol. The van der Waals surface area contributed by atoms with Gasteiger partial charge in [-0.1, -0.05) is 18.2 Å². The first kappa shape index (κ1) is 12.1. The molecule has 0 aliphatic carbocycles. The fourth-order valence-corrected chi connectivity index (χ4v) is 3.89. The Kier molecular flexibility index (Phi) is 3.61. The number of hydrazine groups is 1. The number of nitrogens with one attached hydrogen (secondary N) is 1. The molecule has 2 heterocycles. The monoisotopic (exact) mass is 261 g/mol. The van der Waals surface area contributed by atoms with E-state index in [1.165, 1.54) is 46.5 Å². The fourth-order valence-electron chi connectivity index (χ4n) is 2.72. The van der Waals surface area contributed by atoms with Crippen LogP contribution in [0.2, 0.25) is 0 Å². The summed E-state index contributed by atoms with van der Waals surface area (Å²) in [7, 11) is 0. The molecule has 1 aliphatic heterocycles. The molecule has 1 saturated heterocycles. The molecule has 0 saturated carbocycles. The van der Waals surface area contributed by atoms with Gasteiger partial charge in [-0.25, -0.2) is 0 Å². The zero-order chi connectivity index (χ0) is 12.4. The maximum absolute atomic E-state index is 5.50. The quantitative estimate of drug-likeness (QED) is 0.656. The van der Waals surface area contributed by atoms with Gasteiger partial charge in [0.25, 0.3) is 0 Å². The molecule has 4 heteroatoms. The molecule has 3 N–H and O–H groups in total. The minimum atomic E-state index is 0.766. The second-order valence-corrected chi connectivity index (χ2v) is 6.00. The molecule has 96 valence electrons. The summed E-state index contributed by atoms with van der Waals surface area (Å²) in [5.41, 5.74) is 4.27. The van der Waals surface area contributed by atoms with Crippen LogP contribution in [0.5, 0.6) is 0 Å². The van der Waals surface area contributed by atoms with Crippen molar-refractivity contribution in [3.8, 4) is 0 Å². The number of likely N-dealkylation sites (tertiary alicyclic amines) is 1. The Bertz CT molecular complexity index is 529. The van der Waals surface area contributed by atoms with Crippen LogP contribution in [0, 0.1) is 0 Å². The molecule has 0 atom stereocenters. The van der Waals surface area contributed by atoms with E-state index in [4.69, 9.17) is 5.84 Å². The third kappa shape index (κ3) is 2.29. The molecule has 0 amide bonds. The molecule has 1 aliphatic rings. The van der Waals surface area contributed by atoms with Crippen LogP contribution in [0.25, 0.3) is 10.1 Å². The van der Waals surface area contributed by atoms with Gasteiger partial charge in [0.2, 0.25) is 0 Å². The van der Waals surface area contributed by atoms with E-state index < -0.39 is 0 Å². The van der Waals surface area contributed by atoms with Gasteiger partial charge in [0.05, 0.1) is 0 Å². The van der Waals surface area contributed by atoms with Crippen molar-refractivity contribution in [1.29, 1.82) is 0 Å². The van der Waals surface area contributed by atoms with Gasteiger partial charge in [-0.3, -0.25) is 16.2 Å². The minimum absolute atomic E-state index is 0.766. The molecule has 0 unspecified atom stereocenters. The fraction of sp³-hybridized carbons (Fsp3) is 0.429. The molecule has 18 heavy (non-hydrogen) atoms. The van der Waals surface area contributed by atoms with E-state index in [2.05, 4.69) is 34.6 Å². The summed E-state index contributed by atoms with van der Waals surface area (Å²) >= 11 is 1.86. The van der Waals surface area contributed by atoms with E-state index in [1.54, 1.807) is 0 Å². The van der Waals surface area contributed by atoms with Gasteiger partial charge in [-0.2, -0.15) is 0 Å². The van der Waals surface area contributed by atoms with E-state index >= 15 is 0 Å². The van der Waals surface area contributed by atoms with Crippen molar-refractivity contribution < 1.29 is 0 Å². The normalized spacial score (nSPS) is 16.7. The lowest BCUT2D eigenvalue weighted by atomic mass is 10.1. The lowest BCUT2D eigenvalue weighted by Gasteiger charge is -2.15. The molecule has 1 aromatic heterocycles. The topological polar surface area (TPSA) is 41.3 Å². The van der Waals surface area contributed by atoms with Crippen LogP contribution in [0.3, 0.4) is 0 Å². The molecule has 1 fully saturated rings. The number of fused-ring (bicyclic) bond motifs is 1. The highest BCUT2D eigenvalue weighted by Gasteiger charge is 2.17. The number of nitrogens with two attached hydrogens (primary N) is 1. The second-order valence-electron chi connectivity index (χ2n) is 4.86. The maximum atomic E-state index is 5.50. The Morgan fingerprint density at radius 3 is 2.78 bits per heavy atom. The first-order valence-electron chi connectivity index (χ1n) is 6.53. The zero-order valence-electron chi connectivity index (χ0n) is 10.5. The number of benzene rings is 1. The van der Waals surface area contributed by atoms with Crippen LogP contribution in [0.4, 0.5) is 0 Å². The van der Waals surface area contributed by atoms with E-state index in [1.807, 2.05) is 11.3 Å². The van der Waals surface area contributed by atoms with Gasteiger partial charge in [0.15, 0.2) is 0 Å². The molecule has 0 radical (unpaired) electrons. The highest BCUT2D eigenvalue weighted by Crippen LogP contribution is 2.32. The summed E-state index contributed by atoms with van der Waals surface area (Å²) in [6, 6.07) is 8.67. The molecular formula is C14H19N3S. The minimum Gasteiger partial charge on any atom is -0.299 e. The number of hydrogen-bond donors (Lipinski definition) is 2. The average Bonchev–Trinajstić information content (AvgIpc) is 3.00. The molecule has 0 spiro atoms. The average molecular weight is 261 g/mol. The predicted molar refractivity (Wildman–Crippen MR) is 77.4 cm³/mol. The summed E-state index contributed by atoms with van der Waals surface area (Å²) in [4.78, 5) is 3.93. The van der Waals surface area contributed by atoms with Gasteiger partial charge >= 0.3 is 0 Å². The van der Waals surface area contributed by atoms with Crippen molar-refractivity contribution in [2.45, 2.75) is 25.9 Å². The van der Waals surface area contributed by atoms with Crippen LogP contribution in [-0.4, -0.2) is 18.0 Å². The van der Waals surface area contributed by atoms with Gasteiger partial charge in [0, 0.05) is 22.7 Å². The first-order chi connectivity index (χ1) is 8.88. The lowest BCUT2D eigenvalue weighted by molar-refractivity contribution is 0.332. The zero-order valence-corrected chi connectivity index (χ0v) is 11.3. The summed E-state index contributed by atoms with van der Waals surface area (Å²) in [6.07, 6.45) is 2.68. The van der Waals surface area contributed by atoms with Gasteiger partial charge < -0.3 is 0 Å². The van der Waals surface area contributed by atoms with Crippen LogP contribution >= 0.6 is 11.3 Å². The van der Waals surface area contributed by atoms with Crippen LogP contribution in [-0.2, 0) is 13.1 Å². The summed E-state index contributed by atoms with van der Waals surface area (Å²) < 4.78 is 1.37. The number of rotatable bonds is 4. The molecule has 2 aromatic rings. The van der Waals surface area contributed by atoms with Crippen molar-refractivity contribution >= 4 is 21.4 Å². The number of nitrogens with zero attached hydrogens (tertiary/aromatic N) is 1. The Morgan fingerprint density at radius 2 is 2.00 bits per heavy atom.